The van der Waals surface area contributed by atoms with E-state index in [0.29, 0.717) is 5.01 Å². The number of hydrogen-bond acceptors (Lipinski definition) is 3. The first kappa shape index (κ1) is 8.69. The standard InChI is InChI=1S/C9H12N2OS/c1-6-5-13-9(11-6)8(12)10-4-7-2-3-7/h5,7H,2-4H2,1H3,(H,10,12). The van der Waals surface area contributed by atoms with E-state index in [1.54, 1.807) is 0 Å². The van der Waals surface area contributed by atoms with E-state index < -0.39 is 0 Å². The van der Waals surface area contributed by atoms with Crippen LogP contribution in [0.3, 0.4) is 0 Å². The number of amides is 1. The Morgan fingerprint density at radius 2 is 2.54 bits per heavy atom. The van der Waals surface area contributed by atoms with Gasteiger partial charge in [0.15, 0.2) is 5.01 Å². The average Bonchev–Trinajstić information content (AvgIpc) is 2.84. The van der Waals surface area contributed by atoms with Crippen molar-refractivity contribution in [2.75, 3.05) is 6.54 Å². The van der Waals surface area contributed by atoms with Crippen LogP contribution in [0.5, 0.6) is 0 Å². The number of aryl methyl sites for hydroxylation is 1. The molecule has 1 aromatic heterocycles. The first-order chi connectivity index (χ1) is 6.25. The molecule has 0 aliphatic heterocycles. The maximum atomic E-state index is 11.4. The summed E-state index contributed by atoms with van der Waals surface area (Å²) in [6.07, 6.45) is 2.52. The van der Waals surface area contributed by atoms with Gasteiger partial charge in [0, 0.05) is 17.6 Å². The number of nitrogens with zero attached hydrogens (tertiary/aromatic N) is 1. The third kappa shape index (κ3) is 2.28. The molecule has 0 saturated heterocycles. The molecule has 13 heavy (non-hydrogen) atoms. The second-order valence-corrected chi connectivity index (χ2v) is 4.31. The second-order valence-electron chi connectivity index (χ2n) is 3.45. The van der Waals surface area contributed by atoms with Crippen LogP contribution in [0.15, 0.2) is 5.38 Å². The van der Waals surface area contributed by atoms with Gasteiger partial charge in [0.05, 0.1) is 0 Å². The second kappa shape index (κ2) is 3.46. The van der Waals surface area contributed by atoms with Crippen molar-refractivity contribution in [1.82, 2.24) is 10.3 Å². The molecule has 0 atom stereocenters. The van der Waals surface area contributed by atoms with Crippen molar-refractivity contribution in [1.29, 1.82) is 0 Å². The van der Waals surface area contributed by atoms with Crippen LogP contribution < -0.4 is 5.32 Å². The van der Waals surface area contributed by atoms with Crippen molar-refractivity contribution in [3.05, 3.63) is 16.1 Å². The monoisotopic (exact) mass is 196 g/mol. The fourth-order valence-corrected chi connectivity index (χ4v) is 1.80. The zero-order chi connectivity index (χ0) is 9.26. The molecule has 1 amide bonds. The van der Waals surface area contributed by atoms with Crippen LogP contribution in [0.1, 0.15) is 28.3 Å². The van der Waals surface area contributed by atoms with Gasteiger partial charge in [-0.3, -0.25) is 4.79 Å². The Morgan fingerprint density at radius 1 is 1.77 bits per heavy atom. The molecular formula is C9H12N2OS. The lowest BCUT2D eigenvalue weighted by Crippen LogP contribution is -2.25. The van der Waals surface area contributed by atoms with Gasteiger partial charge in [-0.1, -0.05) is 0 Å². The van der Waals surface area contributed by atoms with Gasteiger partial charge in [-0.2, -0.15) is 0 Å². The smallest absolute Gasteiger partial charge is 0.280 e. The highest BCUT2D eigenvalue weighted by atomic mass is 32.1. The summed E-state index contributed by atoms with van der Waals surface area (Å²) in [5.74, 6) is 0.704. The molecule has 0 aromatic carbocycles. The van der Waals surface area contributed by atoms with Gasteiger partial charge < -0.3 is 5.32 Å². The lowest BCUT2D eigenvalue weighted by molar-refractivity contribution is 0.0951. The molecule has 4 heteroatoms. The lowest BCUT2D eigenvalue weighted by Gasteiger charge is -1.99. The normalized spacial score (nSPS) is 15.8. The molecular weight excluding hydrogens is 184 g/mol. The zero-order valence-corrected chi connectivity index (χ0v) is 8.36. The Labute approximate surface area is 81.2 Å². The number of carbonyl (C=O) groups excluding carboxylic acids is 1. The fourth-order valence-electron chi connectivity index (χ4n) is 1.09. The predicted molar refractivity (Wildman–Crippen MR) is 51.9 cm³/mol. The van der Waals surface area contributed by atoms with Gasteiger partial charge in [-0.25, -0.2) is 4.98 Å². The highest BCUT2D eigenvalue weighted by Crippen LogP contribution is 2.27. The number of carbonyl (C=O) groups is 1. The van der Waals surface area contributed by atoms with Gasteiger partial charge in [-0.15, -0.1) is 11.3 Å². The van der Waals surface area contributed by atoms with E-state index in [2.05, 4.69) is 10.3 Å². The topological polar surface area (TPSA) is 42.0 Å². The van der Waals surface area contributed by atoms with Crippen molar-refractivity contribution in [3.63, 3.8) is 0 Å². The summed E-state index contributed by atoms with van der Waals surface area (Å²) in [6, 6.07) is 0. The van der Waals surface area contributed by atoms with Crippen LogP contribution >= 0.6 is 11.3 Å². The van der Waals surface area contributed by atoms with Crippen LogP contribution in [0.25, 0.3) is 0 Å². The number of hydrogen-bond donors (Lipinski definition) is 1. The van der Waals surface area contributed by atoms with Crippen LogP contribution in [0.4, 0.5) is 0 Å². The molecule has 0 unspecified atom stereocenters. The van der Waals surface area contributed by atoms with Gasteiger partial charge in [0.1, 0.15) is 0 Å². The summed E-state index contributed by atoms with van der Waals surface area (Å²) in [7, 11) is 0. The Kier molecular flexibility index (Phi) is 2.31. The molecule has 2 rings (SSSR count). The number of thiazole rings is 1. The Hall–Kier alpha value is -0.900. The minimum absolute atomic E-state index is 0.0231. The number of nitrogens with one attached hydrogen (secondary N) is 1. The van der Waals surface area contributed by atoms with Crippen molar-refractivity contribution >= 4 is 17.2 Å². The molecule has 1 N–H and O–H groups in total. The maximum Gasteiger partial charge on any atom is 0.280 e. The van der Waals surface area contributed by atoms with E-state index >= 15 is 0 Å². The van der Waals surface area contributed by atoms with Crippen LogP contribution in [0, 0.1) is 12.8 Å². The van der Waals surface area contributed by atoms with E-state index in [9.17, 15) is 4.79 Å². The first-order valence-corrected chi connectivity index (χ1v) is 5.34. The summed E-state index contributed by atoms with van der Waals surface area (Å²) in [5, 5.41) is 5.36. The minimum atomic E-state index is -0.0231. The van der Waals surface area contributed by atoms with Gasteiger partial charge >= 0.3 is 0 Å². The van der Waals surface area contributed by atoms with E-state index in [4.69, 9.17) is 0 Å². The molecule has 1 aliphatic carbocycles. The quantitative estimate of drug-likeness (QED) is 0.797. The van der Waals surface area contributed by atoms with Crippen molar-refractivity contribution < 1.29 is 4.79 Å². The molecule has 1 heterocycles. The largest absolute Gasteiger partial charge is 0.350 e. The summed E-state index contributed by atoms with van der Waals surface area (Å²) >= 11 is 1.41. The van der Waals surface area contributed by atoms with Crippen molar-refractivity contribution in [2.45, 2.75) is 19.8 Å². The van der Waals surface area contributed by atoms with E-state index in [1.807, 2.05) is 12.3 Å². The number of aromatic nitrogens is 1. The lowest BCUT2D eigenvalue weighted by atomic mass is 10.4. The van der Waals surface area contributed by atoms with Crippen molar-refractivity contribution in [2.24, 2.45) is 5.92 Å². The highest BCUT2D eigenvalue weighted by molar-refractivity contribution is 7.11. The molecule has 70 valence electrons. The Morgan fingerprint density at radius 3 is 3.08 bits per heavy atom. The first-order valence-electron chi connectivity index (χ1n) is 4.46. The Balaban J connectivity index is 1.88. The molecule has 1 fully saturated rings. The molecule has 0 radical (unpaired) electrons. The summed E-state index contributed by atoms with van der Waals surface area (Å²) < 4.78 is 0. The predicted octanol–water partition coefficient (Wildman–Crippen LogP) is 1.59. The van der Waals surface area contributed by atoms with E-state index in [0.717, 1.165) is 18.2 Å². The summed E-state index contributed by atoms with van der Waals surface area (Å²) in [4.78, 5) is 15.5. The molecule has 1 saturated carbocycles. The minimum Gasteiger partial charge on any atom is -0.350 e. The summed E-state index contributed by atoms with van der Waals surface area (Å²) in [5.41, 5.74) is 0.918. The van der Waals surface area contributed by atoms with E-state index in [-0.39, 0.29) is 5.91 Å². The molecule has 0 bridgehead atoms. The van der Waals surface area contributed by atoms with E-state index in [1.165, 1.54) is 24.2 Å². The van der Waals surface area contributed by atoms with Gasteiger partial charge in [0.25, 0.3) is 5.91 Å². The average molecular weight is 196 g/mol. The SMILES string of the molecule is Cc1csc(C(=O)NCC2CC2)n1. The molecule has 0 spiro atoms. The van der Waals surface area contributed by atoms with Crippen LogP contribution in [-0.4, -0.2) is 17.4 Å². The van der Waals surface area contributed by atoms with Crippen LogP contribution in [-0.2, 0) is 0 Å². The molecule has 1 aromatic rings. The zero-order valence-electron chi connectivity index (χ0n) is 7.54. The summed E-state index contributed by atoms with van der Waals surface area (Å²) in [6.45, 7) is 2.71. The fraction of sp³-hybridized carbons (Fsp3) is 0.556. The van der Waals surface area contributed by atoms with Gasteiger partial charge in [-0.05, 0) is 25.7 Å². The third-order valence-electron chi connectivity index (χ3n) is 2.06. The highest BCUT2D eigenvalue weighted by Gasteiger charge is 2.22. The number of rotatable bonds is 3. The molecule has 3 nitrogen and oxygen atoms in total. The molecule has 1 aliphatic rings. The maximum absolute atomic E-state index is 11.4. The van der Waals surface area contributed by atoms with Crippen LogP contribution in [0.2, 0.25) is 0 Å². The van der Waals surface area contributed by atoms with Gasteiger partial charge in [0.2, 0.25) is 0 Å². The van der Waals surface area contributed by atoms with Crippen molar-refractivity contribution in [3.8, 4) is 0 Å². The Bertz CT molecular complexity index is 317. The third-order valence-corrected chi connectivity index (χ3v) is 3.02.